The lowest BCUT2D eigenvalue weighted by Crippen LogP contribution is -2.70. The summed E-state index contributed by atoms with van der Waals surface area (Å²) in [5, 5.41) is 107. The number of nitrogens with one attached hydrogen (secondary N) is 2. The standard InChI is InChI=1S/C25H41FN2O18/c1-7(32)27-14-9(34)3-25(24(40)41,46-21(14)16(36)10(35)4-29)45-20-13(26)23(43-11(5-30)17(20)37)44-19-12(6-31)42-22(39)15(18(19)38)28-8(2)33/h9-23,29-31,34-39H,3-6H2,1-2H3,(H,27,32)(H,28,33)(H,40,41)/t9-,10+,11+,12+,13+,14+,15+,16+,17-,18+,19+,20+,21+,22?,23-,25+/m0/s1. The molecule has 0 aromatic heterocycles. The zero-order valence-corrected chi connectivity index (χ0v) is 24.6. The van der Waals surface area contributed by atoms with E-state index in [0.29, 0.717) is 0 Å². The van der Waals surface area contributed by atoms with E-state index >= 15 is 4.39 Å². The lowest BCUT2D eigenvalue weighted by molar-refractivity contribution is -0.375. The SMILES string of the molecule is CC(=O)N[C@H]1[C@H]([C@H](O)[C@H](O)CO)O[C@@](O[C@H]2[C@@H](O)[C@@H](CO)O[C@@H](O[C@H]3[C@H](O)[C@@H](NC(C)=O)C(O)O[C@@H]3CO)[C@@H]2F)(C(=O)O)C[C@@H]1O. The molecule has 3 saturated heterocycles. The Kier molecular flexibility index (Phi) is 13.1. The first-order chi connectivity index (χ1) is 21.5. The Bertz CT molecular complexity index is 1060. The molecule has 0 saturated carbocycles. The second-order valence-corrected chi connectivity index (χ2v) is 11.2. The van der Waals surface area contributed by atoms with Gasteiger partial charge in [0.1, 0.15) is 61.0 Å². The monoisotopic (exact) mass is 676 g/mol. The highest BCUT2D eigenvalue weighted by Gasteiger charge is 2.60. The molecule has 3 aliphatic rings. The summed E-state index contributed by atoms with van der Waals surface area (Å²) in [5.74, 6) is -6.64. The average Bonchev–Trinajstić information content (AvgIpc) is 2.99. The van der Waals surface area contributed by atoms with Crippen molar-refractivity contribution in [1.29, 1.82) is 0 Å². The summed E-state index contributed by atoms with van der Waals surface area (Å²) in [7, 11) is 0. The number of hydrogen-bond acceptors (Lipinski definition) is 17. The van der Waals surface area contributed by atoms with E-state index in [2.05, 4.69) is 10.6 Å². The number of carboxylic acid groups (broad SMARTS) is 1. The minimum absolute atomic E-state index is 0.716. The van der Waals surface area contributed by atoms with E-state index in [9.17, 15) is 65.4 Å². The molecule has 1 unspecified atom stereocenters. The Hall–Kier alpha value is -2.22. The summed E-state index contributed by atoms with van der Waals surface area (Å²) in [4.78, 5) is 35.9. The molecule has 0 aromatic rings. The first-order valence-electron chi connectivity index (χ1n) is 14.2. The normalized spacial score (nSPS) is 42.9. The fourth-order valence-corrected chi connectivity index (χ4v) is 5.54. The van der Waals surface area contributed by atoms with Gasteiger partial charge in [0.2, 0.25) is 11.8 Å². The van der Waals surface area contributed by atoms with Gasteiger partial charge >= 0.3 is 5.97 Å². The number of halogens is 1. The van der Waals surface area contributed by atoms with Gasteiger partial charge in [-0.15, -0.1) is 0 Å². The maximum Gasteiger partial charge on any atom is 0.364 e. The second-order valence-electron chi connectivity index (χ2n) is 11.2. The van der Waals surface area contributed by atoms with Gasteiger partial charge < -0.3 is 85.4 Å². The van der Waals surface area contributed by atoms with Gasteiger partial charge in [0.25, 0.3) is 5.79 Å². The van der Waals surface area contributed by atoms with Crippen LogP contribution in [0.1, 0.15) is 20.3 Å². The van der Waals surface area contributed by atoms with Crippen LogP contribution in [-0.2, 0) is 38.1 Å². The summed E-state index contributed by atoms with van der Waals surface area (Å²) < 4.78 is 43.0. The minimum atomic E-state index is -3.12. The van der Waals surface area contributed by atoms with Crippen LogP contribution in [-0.4, -0.2) is 186 Å². The largest absolute Gasteiger partial charge is 0.477 e. The van der Waals surface area contributed by atoms with Crippen LogP contribution < -0.4 is 10.6 Å². The van der Waals surface area contributed by atoms with E-state index in [1.54, 1.807) is 0 Å². The Labute approximate surface area is 260 Å². The van der Waals surface area contributed by atoms with Crippen LogP contribution in [0.3, 0.4) is 0 Å². The number of carboxylic acids is 1. The van der Waals surface area contributed by atoms with Gasteiger partial charge in [0.05, 0.1) is 32.0 Å². The van der Waals surface area contributed by atoms with Gasteiger partial charge in [-0.1, -0.05) is 0 Å². The molecule has 0 radical (unpaired) electrons. The van der Waals surface area contributed by atoms with Gasteiger partial charge in [0, 0.05) is 20.3 Å². The van der Waals surface area contributed by atoms with Gasteiger partial charge in [-0.2, -0.15) is 0 Å². The Morgan fingerprint density at radius 3 is 2.02 bits per heavy atom. The summed E-state index contributed by atoms with van der Waals surface area (Å²) >= 11 is 0. The number of rotatable bonds is 12. The van der Waals surface area contributed by atoms with Crippen molar-refractivity contribution in [2.45, 2.75) is 118 Å². The Morgan fingerprint density at radius 1 is 0.913 bits per heavy atom. The zero-order valence-electron chi connectivity index (χ0n) is 24.6. The van der Waals surface area contributed by atoms with Gasteiger partial charge in [-0.05, 0) is 0 Å². The lowest BCUT2D eigenvalue weighted by Gasteiger charge is -2.50. The van der Waals surface area contributed by atoms with Gasteiger partial charge in [-0.25, -0.2) is 9.18 Å². The molecule has 0 aliphatic carbocycles. The van der Waals surface area contributed by atoms with Crippen molar-refractivity contribution < 1.29 is 93.5 Å². The number of carbonyl (C=O) groups excluding carboxylic acids is 2. The molecule has 0 bridgehead atoms. The van der Waals surface area contributed by atoms with E-state index in [4.69, 9.17) is 23.7 Å². The van der Waals surface area contributed by atoms with E-state index in [0.717, 1.165) is 13.8 Å². The molecular weight excluding hydrogens is 635 g/mol. The third-order valence-electron chi connectivity index (χ3n) is 7.83. The highest BCUT2D eigenvalue weighted by Crippen LogP contribution is 2.39. The molecule has 266 valence electrons. The topological polar surface area (TPSA) is 324 Å². The van der Waals surface area contributed by atoms with Crippen molar-refractivity contribution >= 4 is 17.8 Å². The highest BCUT2D eigenvalue weighted by atomic mass is 19.1. The molecule has 0 spiro atoms. The Morgan fingerprint density at radius 2 is 1.50 bits per heavy atom. The van der Waals surface area contributed by atoms with E-state index < -0.39 is 142 Å². The number of aliphatic carboxylic acids is 1. The number of aliphatic hydroxyl groups is 9. The fourth-order valence-electron chi connectivity index (χ4n) is 5.54. The zero-order chi connectivity index (χ0) is 34.7. The van der Waals surface area contributed by atoms with Crippen molar-refractivity contribution in [3.05, 3.63) is 0 Å². The van der Waals surface area contributed by atoms with Crippen LogP contribution in [0.2, 0.25) is 0 Å². The molecule has 12 N–H and O–H groups in total. The van der Waals surface area contributed by atoms with Crippen LogP contribution in [0.15, 0.2) is 0 Å². The highest BCUT2D eigenvalue weighted by molar-refractivity contribution is 5.76. The number of ether oxygens (including phenoxy) is 5. The van der Waals surface area contributed by atoms with Crippen LogP contribution >= 0.6 is 0 Å². The van der Waals surface area contributed by atoms with Crippen molar-refractivity contribution in [3.8, 4) is 0 Å². The predicted molar refractivity (Wildman–Crippen MR) is 141 cm³/mol. The van der Waals surface area contributed by atoms with Crippen LogP contribution in [0.5, 0.6) is 0 Å². The minimum Gasteiger partial charge on any atom is -0.477 e. The van der Waals surface area contributed by atoms with Crippen molar-refractivity contribution in [3.63, 3.8) is 0 Å². The molecule has 3 rings (SSSR count). The van der Waals surface area contributed by atoms with Crippen LogP contribution in [0, 0.1) is 0 Å². The number of carbonyl (C=O) groups is 3. The fraction of sp³-hybridized carbons (Fsp3) is 0.880. The van der Waals surface area contributed by atoms with Gasteiger partial charge in [-0.3, -0.25) is 9.59 Å². The maximum absolute atomic E-state index is 16.1. The summed E-state index contributed by atoms with van der Waals surface area (Å²) in [5.41, 5.74) is 0. The third kappa shape index (κ3) is 8.07. The molecule has 21 heteroatoms. The van der Waals surface area contributed by atoms with E-state index in [1.807, 2.05) is 0 Å². The first-order valence-corrected chi connectivity index (χ1v) is 14.2. The van der Waals surface area contributed by atoms with E-state index in [-0.39, 0.29) is 0 Å². The molecule has 0 aromatic carbocycles. The molecular formula is C25H41FN2O18. The van der Waals surface area contributed by atoms with Crippen molar-refractivity contribution in [2.75, 3.05) is 19.8 Å². The van der Waals surface area contributed by atoms with Crippen molar-refractivity contribution in [2.24, 2.45) is 0 Å². The smallest absolute Gasteiger partial charge is 0.364 e. The molecule has 16 atom stereocenters. The molecule has 20 nitrogen and oxygen atoms in total. The van der Waals surface area contributed by atoms with Crippen LogP contribution in [0.4, 0.5) is 4.39 Å². The third-order valence-corrected chi connectivity index (χ3v) is 7.83. The van der Waals surface area contributed by atoms with Crippen LogP contribution in [0.25, 0.3) is 0 Å². The molecule has 46 heavy (non-hydrogen) atoms. The second kappa shape index (κ2) is 15.8. The summed E-state index contributed by atoms with van der Waals surface area (Å²) in [6.07, 6.45) is -27.3. The number of amides is 2. The molecule has 3 aliphatic heterocycles. The molecule has 3 heterocycles. The quantitative estimate of drug-likeness (QED) is 0.0913. The van der Waals surface area contributed by atoms with E-state index in [1.165, 1.54) is 0 Å². The number of aliphatic hydroxyl groups excluding tert-OH is 9. The summed E-state index contributed by atoms with van der Waals surface area (Å²) in [6.45, 7) is -0.942. The van der Waals surface area contributed by atoms with Crippen molar-refractivity contribution in [1.82, 2.24) is 10.6 Å². The maximum atomic E-state index is 16.1. The molecule has 2 amide bonds. The molecule has 3 fully saturated rings. The Balaban J connectivity index is 1.95. The number of hydrogen-bond donors (Lipinski definition) is 12. The van der Waals surface area contributed by atoms with Gasteiger partial charge in [0.15, 0.2) is 18.8 Å². The summed E-state index contributed by atoms with van der Waals surface area (Å²) in [6, 6.07) is -3.12. The lowest BCUT2D eigenvalue weighted by atomic mass is 9.88. The number of alkyl halides is 1. The predicted octanol–water partition coefficient (Wildman–Crippen LogP) is -7.10. The first kappa shape index (κ1) is 38.2. The average molecular weight is 677 g/mol.